The van der Waals surface area contributed by atoms with Gasteiger partial charge in [-0.3, -0.25) is 0 Å². The second-order valence-corrected chi connectivity index (χ2v) is 8.66. The number of rotatable bonds is 6. The molecule has 0 radical (unpaired) electrons. The molecule has 2 aromatic heterocycles. The minimum absolute atomic E-state index is 0.271. The Balaban J connectivity index is 1.94. The Kier molecular flexibility index (Phi) is 5.43. The van der Waals surface area contributed by atoms with E-state index >= 15 is 0 Å². The van der Waals surface area contributed by atoms with E-state index < -0.39 is 5.54 Å². The number of anilines is 1. The van der Waals surface area contributed by atoms with E-state index in [0.29, 0.717) is 0 Å². The van der Waals surface area contributed by atoms with Gasteiger partial charge in [0.2, 0.25) is 0 Å². The molecule has 0 aliphatic rings. The lowest BCUT2D eigenvalue weighted by Gasteiger charge is -2.37. The zero-order valence-corrected chi connectivity index (χ0v) is 19.2. The van der Waals surface area contributed by atoms with Gasteiger partial charge in [0.1, 0.15) is 11.4 Å². The lowest BCUT2D eigenvalue weighted by Crippen LogP contribution is -2.38. The second-order valence-electron chi connectivity index (χ2n) is 8.66. The van der Waals surface area contributed by atoms with E-state index in [0.717, 1.165) is 39.1 Å². The van der Waals surface area contributed by atoms with Gasteiger partial charge in [-0.2, -0.15) is 5.10 Å². The summed E-state index contributed by atoms with van der Waals surface area (Å²) in [4.78, 5) is 4.66. The van der Waals surface area contributed by atoms with Crippen molar-refractivity contribution in [3.05, 3.63) is 126 Å². The Hall–Kier alpha value is -3.92. The largest absolute Gasteiger partial charge is 0.367 e. The molecule has 0 spiro atoms. The van der Waals surface area contributed by atoms with Gasteiger partial charge in [-0.1, -0.05) is 91.0 Å². The Morgan fingerprint density at radius 1 is 0.727 bits per heavy atom. The summed E-state index contributed by atoms with van der Waals surface area (Å²) in [6, 6.07) is 34.3. The summed E-state index contributed by atoms with van der Waals surface area (Å²) in [6.07, 6.45) is 1.87. The van der Waals surface area contributed by atoms with Gasteiger partial charge in [0.05, 0.1) is 16.6 Å². The molecule has 33 heavy (non-hydrogen) atoms. The van der Waals surface area contributed by atoms with Gasteiger partial charge in [0.15, 0.2) is 0 Å². The number of aryl methyl sites for hydroxylation is 1. The molecule has 0 aliphatic carbocycles. The van der Waals surface area contributed by atoms with Crippen LogP contribution in [0.1, 0.15) is 36.2 Å². The number of hydrogen-bond acceptors (Lipinski definition) is 3. The van der Waals surface area contributed by atoms with E-state index in [4.69, 9.17) is 5.10 Å². The van der Waals surface area contributed by atoms with Crippen LogP contribution in [0.4, 0.5) is 5.82 Å². The molecule has 4 nitrogen and oxygen atoms in total. The molecule has 0 unspecified atom stereocenters. The molecular formula is C29H28N4. The van der Waals surface area contributed by atoms with Gasteiger partial charge in [-0.15, -0.1) is 0 Å². The van der Waals surface area contributed by atoms with Crippen LogP contribution in [0.3, 0.4) is 0 Å². The third kappa shape index (κ3) is 3.48. The van der Waals surface area contributed by atoms with Crippen LogP contribution in [0, 0.1) is 6.92 Å². The predicted octanol–water partition coefficient (Wildman–Crippen LogP) is 6.40. The third-order valence-electron chi connectivity index (χ3n) is 6.09. The second kappa shape index (κ2) is 8.55. The predicted molar refractivity (Wildman–Crippen MR) is 136 cm³/mol. The molecule has 0 fully saturated rings. The Labute approximate surface area is 194 Å². The first kappa shape index (κ1) is 21.0. The van der Waals surface area contributed by atoms with Gasteiger partial charge in [-0.25, -0.2) is 9.67 Å². The SMILES string of the molecule is Cc1nn(C(c2ccccc2)(c2ccccc2)c2ccccc2)c2ccnc(NC(C)C)c12. The van der Waals surface area contributed by atoms with Crippen molar-refractivity contribution in [1.82, 2.24) is 14.8 Å². The van der Waals surface area contributed by atoms with Crippen molar-refractivity contribution >= 4 is 16.7 Å². The summed E-state index contributed by atoms with van der Waals surface area (Å²) in [6.45, 7) is 6.32. The highest BCUT2D eigenvalue weighted by atomic mass is 15.3. The maximum atomic E-state index is 5.20. The van der Waals surface area contributed by atoms with Crippen molar-refractivity contribution in [1.29, 1.82) is 0 Å². The monoisotopic (exact) mass is 432 g/mol. The van der Waals surface area contributed by atoms with Crippen LogP contribution in [-0.2, 0) is 5.54 Å². The van der Waals surface area contributed by atoms with Crippen molar-refractivity contribution < 1.29 is 0 Å². The number of fused-ring (bicyclic) bond motifs is 1. The molecular weight excluding hydrogens is 404 g/mol. The van der Waals surface area contributed by atoms with Crippen LogP contribution in [0.2, 0.25) is 0 Å². The summed E-state index contributed by atoms with van der Waals surface area (Å²) in [5.41, 5.74) is 4.81. The van der Waals surface area contributed by atoms with E-state index in [1.807, 2.05) is 6.20 Å². The summed E-state index contributed by atoms with van der Waals surface area (Å²) >= 11 is 0. The molecule has 4 heteroatoms. The normalized spacial score (nSPS) is 11.8. The molecule has 0 aliphatic heterocycles. The Morgan fingerprint density at radius 2 is 1.21 bits per heavy atom. The summed E-state index contributed by atoms with van der Waals surface area (Å²) in [7, 11) is 0. The average molecular weight is 433 g/mol. The van der Waals surface area contributed by atoms with Crippen LogP contribution in [0.5, 0.6) is 0 Å². The zero-order chi connectivity index (χ0) is 22.8. The van der Waals surface area contributed by atoms with Crippen molar-refractivity contribution in [3.8, 4) is 0 Å². The number of nitrogens with zero attached hydrogens (tertiary/aromatic N) is 3. The molecule has 5 rings (SSSR count). The summed E-state index contributed by atoms with van der Waals surface area (Å²) < 4.78 is 2.19. The van der Waals surface area contributed by atoms with E-state index in [9.17, 15) is 0 Å². The zero-order valence-electron chi connectivity index (χ0n) is 19.2. The van der Waals surface area contributed by atoms with Crippen LogP contribution in [0.15, 0.2) is 103 Å². The maximum Gasteiger partial charge on any atom is 0.138 e. The highest BCUT2D eigenvalue weighted by molar-refractivity contribution is 5.92. The Bertz CT molecular complexity index is 1260. The van der Waals surface area contributed by atoms with Gasteiger partial charge in [0.25, 0.3) is 0 Å². The summed E-state index contributed by atoms with van der Waals surface area (Å²) in [5.74, 6) is 0.870. The van der Waals surface area contributed by atoms with E-state index in [1.54, 1.807) is 0 Å². The smallest absolute Gasteiger partial charge is 0.138 e. The molecule has 1 N–H and O–H groups in total. The maximum absolute atomic E-state index is 5.20. The van der Waals surface area contributed by atoms with Gasteiger partial charge in [-0.05, 0) is 43.5 Å². The fraction of sp³-hybridized carbons (Fsp3) is 0.172. The first-order valence-electron chi connectivity index (χ1n) is 11.4. The van der Waals surface area contributed by atoms with Gasteiger partial charge < -0.3 is 5.32 Å². The minimum atomic E-state index is -0.646. The molecule has 2 heterocycles. The topological polar surface area (TPSA) is 42.7 Å². The fourth-order valence-electron chi connectivity index (χ4n) is 4.78. The lowest BCUT2D eigenvalue weighted by atomic mass is 9.77. The van der Waals surface area contributed by atoms with Crippen LogP contribution in [-0.4, -0.2) is 20.8 Å². The third-order valence-corrected chi connectivity index (χ3v) is 6.09. The van der Waals surface area contributed by atoms with Gasteiger partial charge in [0, 0.05) is 12.2 Å². The van der Waals surface area contributed by atoms with Gasteiger partial charge >= 0.3 is 0 Å². The fourth-order valence-corrected chi connectivity index (χ4v) is 4.78. The van der Waals surface area contributed by atoms with E-state index in [-0.39, 0.29) is 6.04 Å². The van der Waals surface area contributed by atoms with Crippen molar-refractivity contribution in [3.63, 3.8) is 0 Å². The van der Waals surface area contributed by atoms with Crippen LogP contribution < -0.4 is 5.32 Å². The van der Waals surface area contributed by atoms with Crippen molar-refractivity contribution in [2.45, 2.75) is 32.4 Å². The highest BCUT2D eigenvalue weighted by Crippen LogP contribution is 2.43. The average Bonchev–Trinajstić information content (AvgIpc) is 3.19. The van der Waals surface area contributed by atoms with Crippen molar-refractivity contribution in [2.75, 3.05) is 5.32 Å². The number of aromatic nitrogens is 3. The number of nitrogens with one attached hydrogen (secondary N) is 1. The first-order valence-corrected chi connectivity index (χ1v) is 11.4. The van der Waals surface area contributed by atoms with Crippen molar-refractivity contribution in [2.24, 2.45) is 0 Å². The summed E-state index contributed by atoms with van der Waals surface area (Å²) in [5, 5.41) is 9.76. The minimum Gasteiger partial charge on any atom is -0.367 e. The number of benzene rings is 3. The molecule has 0 bridgehead atoms. The molecule has 5 aromatic rings. The van der Waals surface area contributed by atoms with E-state index in [1.165, 1.54) is 0 Å². The lowest BCUT2D eigenvalue weighted by molar-refractivity contribution is 0.473. The van der Waals surface area contributed by atoms with E-state index in [2.05, 4.69) is 133 Å². The Morgan fingerprint density at radius 3 is 1.67 bits per heavy atom. The molecule has 0 saturated heterocycles. The number of hydrogen-bond donors (Lipinski definition) is 1. The molecule has 0 atom stereocenters. The quantitative estimate of drug-likeness (QED) is 0.316. The number of pyridine rings is 1. The molecule has 0 saturated carbocycles. The molecule has 3 aromatic carbocycles. The van der Waals surface area contributed by atoms with Crippen LogP contribution in [0.25, 0.3) is 10.9 Å². The van der Waals surface area contributed by atoms with Crippen LogP contribution >= 0.6 is 0 Å². The standard InChI is InChI=1S/C29H28N4/c1-21(2)31-28-27-22(3)32-33(26(27)19-20-30-28)29(23-13-7-4-8-14-23,24-15-9-5-10-16-24)25-17-11-6-12-18-25/h4-21H,1-3H3,(H,30,31). The molecule has 164 valence electrons. The molecule has 0 amide bonds. The highest BCUT2D eigenvalue weighted by Gasteiger charge is 2.40. The first-order chi connectivity index (χ1) is 16.1.